The molecule has 0 atom stereocenters. The van der Waals surface area contributed by atoms with Crippen LogP contribution in [-0.4, -0.2) is 26.3 Å². The standard InChI is InChI=1S/C17H19FN2O/c18-15-4-1-13(2-5-15)11-14-3-6-17(16(19)12-14)20-7-9-21-10-8-20/h1-6,12H,7-11,19H2. The van der Waals surface area contributed by atoms with Crippen LogP contribution in [0.2, 0.25) is 0 Å². The van der Waals surface area contributed by atoms with Crippen LogP contribution in [0.5, 0.6) is 0 Å². The van der Waals surface area contributed by atoms with Crippen LogP contribution < -0.4 is 10.6 Å². The zero-order chi connectivity index (χ0) is 14.7. The van der Waals surface area contributed by atoms with Crippen LogP contribution >= 0.6 is 0 Å². The minimum absolute atomic E-state index is 0.207. The molecule has 2 aromatic carbocycles. The van der Waals surface area contributed by atoms with E-state index >= 15 is 0 Å². The Morgan fingerprint density at radius 3 is 2.33 bits per heavy atom. The molecule has 2 N–H and O–H groups in total. The number of ether oxygens (including phenoxy) is 1. The number of benzene rings is 2. The van der Waals surface area contributed by atoms with Gasteiger partial charge < -0.3 is 15.4 Å². The summed E-state index contributed by atoms with van der Waals surface area (Å²) in [6.45, 7) is 3.25. The van der Waals surface area contributed by atoms with Crippen molar-refractivity contribution in [2.45, 2.75) is 6.42 Å². The minimum atomic E-state index is -0.207. The summed E-state index contributed by atoms with van der Waals surface area (Å²) in [6.07, 6.45) is 0.758. The number of rotatable bonds is 3. The summed E-state index contributed by atoms with van der Waals surface area (Å²) >= 11 is 0. The maximum absolute atomic E-state index is 12.9. The molecule has 3 nitrogen and oxygen atoms in total. The SMILES string of the molecule is Nc1cc(Cc2ccc(F)cc2)ccc1N1CCOCC1. The van der Waals surface area contributed by atoms with Gasteiger partial charge in [0, 0.05) is 13.1 Å². The van der Waals surface area contributed by atoms with Gasteiger partial charge in [-0.05, 0) is 41.8 Å². The first kappa shape index (κ1) is 13.9. The van der Waals surface area contributed by atoms with Gasteiger partial charge in [0.25, 0.3) is 0 Å². The van der Waals surface area contributed by atoms with Crippen LogP contribution in [0, 0.1) is 5.82 Å². The predicted octanol–water partition coefficient (Wildman–Crippen LogP) is 2.84. The third-order valence-electron chi connectivity index (χ3n) is 3.77. The molecule has 1 aliphatic heterocycles. The fraction of sp³-hybridized carbons (Fsp3) is 0.294. The van der Waals surface area contributed by atoms with E-state index in [1.807, 2.05) is 6.07 Å². The van der Waals surface area contributed by atoms with E-state index in [1.54, 1.807) is 12.1 Å². The quantitative estimate of drug-likeness (QED) is 0.882. The second-order valence-corrected chi connectivity index (χ2v) is 5.30. The fourth-order valence-electron chi connectivity index (χ4n) is 2.64. The van der Waals surface area contributed by atoms with Gasteiger partial charge in [0.15, 0.2) is 0 Å². The third-order valence-corrected chi connectivity index (χ3v) is 3.77. The van der Waals surface area contributed by atoms with Gasteiger partial charge in [-0.25, -0.2) is 4.39 Å². The third kappa shape index (κ3) is 3.34. The van der Waals surface area contributed by atoms with Gasteiger partial charge >= 0.3 is 0 Å². The van der Waals surface area contributed by atoms with Crippen molar-refractivity contribution in [3.8, 4) is 0 Å². The summed E-state index contributed by atoms with van der Waals surface area (Å²) in [5, 5.41) is 0. The lowest BCUT2D eigenvalue weighted by Gasteiger charge is -2.30. The Labute approximate surface area is 124 Å². The first-order valence-corrected chi connectivity index (χ1v) is 7.18. The molecule has 0 saturated carbocycles. The normalized spacial score (nSPS) is 15.2. The Bertz CT molecular complexity index is 607. The van der Waals surface area contributed by atoms with Crippen molar-refractivity contribution in [3.63, 3.8) is 0 Å². The van der Waals surface area contributed by atoms with E-state index < -0.39 is 0 Å². The second-order valence-electron chi connectivity index (χ2n) is 5.30. The first-order chi connectivity index (χ1) is 10.2. The Kier molecular flexibility index (Phi) is 4.06. The van der Waals surface area contributed by atoms with E-state index in [0.29, 0.717) is 0 Å². The molecule has 2 aromatic rings. The Morgan fingerprint density at radius 2 is 1.67 bits per heavy atom. The van der Waals surface area contributed by atoms with Gasteiger partial charge in [-0.15, -0.1) is 0 Å². The van der Waals surface area contributed by atoms with Gasteiger partial charge in [0.2, 0.25) is 0 Å². The lowest BCUT2D eigenvalue weighted by atomic mass is 10.0. The zero-order valence-electron chi connectivity index (χ0n) is 11.9. The van der Waals surface area contributed by atoms with E-state index in [2.05, 4.69) is 17.0 Å². The molecular formula is C17H19FN2O. The Morgan fingerprint density at radius 1 is 1.00 bits per heavy atom. The highest BCUT2D eigenvalue weighted by Gasteiger charge is 2.13. The second kappa shape index (κ2) is 6.14. The molecule has 110 valence electrons. The molecule has 21 heavy (non-hydrogen) atoms. The highest BCUT2D eigenvalue weighted by molar-refractivity contribution is 5.68. The molecule has 3 rings (SSSR count). The molecule has 0 unspecified atom stereocenters. The van der Waals surface area contributed by atoms with E-state index in [1.165, 1.54) is 12.1 Å². The van der Waals surface area contributed by atoms with Gasteiger partial charge in [-0.1, -0.05) is 18.2 Å². The summed E-state index contributed by atoms with van der Waals surface area (Å²) < 4.78 is 18.3. The van der Waals surface area contributed by atoms with Crippen LogP contribution in [0.25, 0.3) is 0 Å². The van der Waals surface area contributed by atoms with Crippen LogP contribution in [0.1, 0.15) is 11.1 Å². The summed E-state index contributed by atoms with van der Waals surface area (Å²) in [5.74, 6) is -0.207. The number of nitrogens with two attached hydrogens (primary N) is 1. The topological polar surface area (TPSA) is 38.5 Å². The average molecular weight is 286 g/mol. The maximum atomic E-state index is 12.9. The number of morpholine rings is 1. The zero-order valence-corrected chi connectivity index (χ0v) is 11.9. The summed E-state index contributed by atoms with van der Waals surface area (Å²) in [6, 6.07) is 12.8. The van der Waals surface area contributed by atoms with Crippen molar-refractivity contribution < 1.29 is 9.13 Å². The Hall–Kier alpha value is -2.07. The molecule has 0 radical (unpaired) electrons. The lowest BCUT2D eigenvalue weighted by molar-refractivity contribution is 0.123. The monoisotopic (exact) mass is 286 g/mol. The molecular weight excluding hydrogens is 267 g/mol. The van der Waals surface area contributed by atoms with Crippen LogP contribution in [-0.2, 0) is 11.2 Å². The molecule has 1 aliphatic rings. The van der Waals surface area contributed by atoms with Crippen molar-refractivity contribution in [3.05, 3.63) is 59.4 Å². The van der Waals surface area contributed by atoms with Gasteiger partial charge in [-0.3, -0.25) is 0 Å². The molecule has 0 bridgehead atoms. The van der Waals surface area contributed by atoms with Crippen LogP contribution in [0.15, 0.2) is 42.5 Å². The average Bonchev–Trinajstić information content (AvgIpc) is 2.51. The molecule has 0 aromatic heterocycles. The molecule has 0 amide bonds. The molecule has 1 fully saturated rings. The highest BCUT2D eigenvalue weighted by Crippen LogP contribution is 2.26. The van der Waals surface area contributed by atoms with Crippen molar-refractivity contribution in [2.75, 3.05) is 36.9 Å². The van der Waals surface area contributed by atoms with E-state index in [0.717, 1.165) is 55.2 Å². The van der Waals surface area contributed by atoms with Crippen molar-refractivity contribution in [2.24, 2.45) is 0 Å². The van der Waals surface area contributed by atoms with Crippen molar-refractivity contribution >= 4 is 11.4 Å². The summed E-state index contributed by atoms with van der Waals surface area (Å²) in [4.78, 5) is 2.25. The number of nitrogens with zero attached hydrogens (tertiary/aromatic N) is 1. The van der Waals surface area contributed by atoms with Crippen LogP contribution in [0.3, 0.4) is 0 Å². The minimum Gasteiger partial charge on any atom is -0.397 e. The predicted molar refractivity (Wildman–Crippen MR) is 83.1 cm³/mol. The van der Waals surface area contributed by atoms with Crippen LogP contribution in [0.4, 0.5) is 15.8 Å². The molecule has 0 spiro atoms. The Balaban J connectivity index is 1.75. The van der Waals surface area contributed by atoms with E-state index in [-0.39, 0.29) is 5.82 Å². The lowest BCUT2D eigenvalue weighted by Crippen LogP contribution is -2.36. The number of hydrogen-bond acceptors (Lipinski definition) is 3. The van der Waals surface area contributed by atoms with Gasteiger partial charge in [0.1, 0.15) is 5.82 Å². The van der Waals surface area contributed by atoms with Crippen molar-refractivity contribution in [1.29, 1.82) is 0 Å². The molecule has 1 heterocycles. The summed E-state index contributed by atoms with van der Waals surface area (Å²) in [7, 11) is 0. The van der Waals surface area contributed by atoms with Gasteiger partial charge in [0.05, 0.1) is 24.6 Å². The number of nitrogen functional groups attached to an aromatic ring is 1. The van der Waals surface area contributed by atoms with Gasteiger partial charge in [-0.2, -0.15) is 0 Å². The largest absolute Gasteiger partial charge is 0.397 e. The van der Waals surface area contributed by atoms with Crippen molar-refractivity contribution in [1.82, 2.24) is 0 Å². The smallest absolute Gasteiger partial charge is 0.123 e. The first-order valence-electron chi connectivity index (χ1n) is 7.18. The number of anilines is 2. The molecule has 1 saturated heterocycles. The fourth-order valence-corrected chi connectivity index (χ4v) is 2.64. The van der Waals surface area contributed by atoms with E-state index in [4.69, 9.17) is 10.5 Å². The number of halogens is 1. The highest BCUT2D eigenvalue weighted by atomic mass is 19.1. The molecule has 0 aliphatic carbocycles. The summed E-state index contributed by atoms with van der Waals surface area (Å²) in [5.41, 5.74) is 10.3. The number of hydrogen-bond donors (Lipinski definition) is 1. The van der Waals surface area contributed by atoms with E-state index in [9.17, 15) is 4.39 Å². The molecule has 4 heteroatoms. The maximum Gasteiger partial charge on any atom is 0.123 e.